The van der Waals surface area contributed by atoms with E-state index >= 15 is 0 Å². The van der Waals surface area contributed by atoms with Gasteiger partial charge >= 0.3 is 0 Å². The number of hydrogen-bond acceptors (Lipinski definition) is 12. The van der Waals surface area contributed by atoms with E-state index in [0.717, 1.165) is 0 Å². The Morgan fingerprint density at radius 1 is 0.821 bits per heavy atom. The fraction of sp³-hybridized carbons (Fsp3) is 1.00. The van der Waals surface area contributed by atoms with Crippen LogP contribution in [0.25, 0.3) is 10.4 Å². The molecule has 14 heteroatoms. The minimum absolute atomic E-state index is 0.0479. The molecule has 162 valence electrons. The number of aliphatic hydroxyl groups excluding tert-OH is 7. The van der Waals surface area contributed by atoms with Crippen LogP contribution >= 0.6 is 0 Å². The molecule has 0 spiro atoms. The Bertz CT molecular complexity index is 533. The molecule has 0 aromatic carbocycles. The maximum Gasteiger partial charge on any atom is 0.187 e. The molecule has 2 aliphatic rings. The molecule has 0 aliphatic carbocycles. The van der Waals surface area contributed by atoms with Crippen LogP contribution in [0, 0.1) is 0 Å². The van der Waals surface area contributed by atoms with Gasteiger partial charge in [-0.15, -0.1) is 0 Å². The van der Waals surface area contributed by atoms with Gasteiger partial charge in [0, 0.05) is 11.5 Å². The molecule has 2 saturated heterocycles. The lowest BCUT2D eigenvalue weighted by molar-refractivity contribution is -0.359. The van der Waals surface area contributed by atoms with Crippen LogP contribution in [-0.2, 0) is 18.9 Å². The van der Waals surface area contributed by atoms with E-state index in [2.05, 4.69) is 10.0 Å². The summed E-state index contributed by atoms with van der Waals surface area (Å²) in [7, 11) is 0. The van der Waals surface area contributed by atoms with E-state index in [1.54, 1.807) is 0 Å². The minimum Gasteiger partial charge on any atom is -0.394 e. The fourth-order valence-electron chi connectivity index (χ4n) is 2.95. The van der Waals surface area contributed by atoms with Gasteiger partial charge in [0.15, 0.2) is 12.6 Å². The number of ether oxygens (including phenoxy) is 4. The summed E-state index contributed by atoms with van der Waals surface area (Å²) in [4.78, 5) is 2.53. The van der Waals surface area contributed by atoms with Crippen molar-refractivity contribution in [2.45, 2.75) is 61.4 Å². The van der Waals surface area contributed by atoms with Gasteiger partial charge < -0.3 is 54.7 Å². The van der Waals surface area contributed by atoms with Crippen LogP contribution < -0.4 is 0 Å². The molecule has 14 nitrogen and oxygen atoms in total. The minimum atomic E-state index is -1.74. The van der Waals surface area contributed by atoms with Crippen LogP contribution in [0.15, 0.2) is 5.11 Å². The standard InChI is InChI=1S/C14H25N3O11/c15-17-16-1-2-25-13-11(24)9(22)12(6(4-19)27-13)28-14-10(23)8(21)7(20)5(3-18)26-14/h5-14,18-24H,1-4H2/t5-,6-,7+,8+,9-,10+,11+,12-,13-,14+/m1/s1. The highest BCUT2D eigenvalue weighted by molar-refractivity contribution is 4.94. The predicted molar refractivity (Wildman–Crippen MR) is 86.4 cm³/mol. The first-order valence-corrected chi connectivity index (χ1v) is 8.56. The lowest BCUT2D eigenvalue weighted by Gasteiger charge is -2.45. The van der Waals surface area contributed by atoms with E-state index in [4.69, 9.17) is 24.5 Å². The summed E-state index contributed by atoms with van der Waals surface area (Å²) < 4.78 is 21.1. The van der Waals surface area contributed by atoms with Gasteiger partial charge in [0.05, 0.1) is 19.8 Å². The lowest BCUT2D eigenvalue weighted by atomic mass is 9.97. The van der Waals surface area contributed by atoms with Gasteiger partial charge in [-0.1, -0.05) is 5.11 Å². The number of hydrogen-bond donors (Lipinski definition) is 7. The third kappa shape index (κ3) is 5.07. The van der Waals surface area contributed by atoms with Crippen molar-refractivity contribution in [1.29, 1.82) is 0 Å². The maximum atomic E-state index is 10.3. The van der Waals surface area contributed by atoms with Crippen LogP contribution in [0.3, 0.4) is 0 Å². The number of rotatable bonds is 8. The number of azide groups is 1. The molecule has 0 saturated carbocycles. The zero-order valence-corrected chi connectivity index (χ0v) is 14.7. The van der Waals surface area contributed by atoms with Crippen LogP contribution in [0.4, 0.5) is 0 Å². The third-order valence-corrected chi connectivity index (χ3v) is 4.50. The number of aliphatic hydroxyl groups is 7. The van der Waals surface area contributed by atoms with E-state index in [0.29, 0.717) is 0 Å². The smallest absolute Gasteiger partial charge is 0.187 e. The second kappa shape index (κ2) is 10.6. The normalized spacial score (nSPS) is 44.1. The Hall–Kier alpha value is -1.13. The van der Waals surface area contributed by atoms with Gasteiger partial charge in [0.25, 0.3) is 0 Å². The van der Waals surface area contributed by atoms with E-state index in [-0.39, 0.29) is 13.2 Å². The highest BCUT2D eigenvalue weighted by Gasteiger charge is 2.50. The zero-order valence-electron chi connectivity index (χ0n) is 14.7. The van der Waals surface area contributed by atoms with Crippen molar-refractivity contribution in [3.05, 3.63) is 10.4 Å². The lowest BCUT2D eigenvalue weighted by Crippen LogP contribution is -2.64. The Kier molecular flexibility index (Phi) is 8.76. The first-order chi connectivity index (χ1) is 13.3. The van der Waals surface area contributed by atoms with E-state index in [1.807, 2.05) is 0 Å². The summed E-state index contributed by atoms with van der Waals surface area (Å²) in [6.45, 7) is -1.51. The summed E-state index contributed by atoms with van der Waals surface area (Å²) in [6, 6.07) is 0. The topological polar surface area (TPSA) is 227 Å². The van der Waals surface area contributed by atoms with Gasteiger partial charge in [-0.25, -0.2) is 0 Å². The van der Waals surface area contributed by atoms with E-state index < -0.39 is 74.6 Å². The molecule has 28 heavy (non-hydrogen) atoms. The molecule has 2 rings (SSSR count). The molecule has 10 atom stereocenters. The Balaban J connectivity index is 2.05. The second-order valence-electron chi connectivity index (χ2n) is 6.33. The van der Waals surface area contributed by atoms with Crippen LogP contribution in [0.5, 0.6) is 0 Å². The molecule has 0 radical (unpaired) electrons. The Morgan fingerprint density at radius 3 is 2.04 bits per heavy atom. The second-order valence-corrected chi connectivity index (χ2v) is 6.33. The molecule has 0 unspecified atom stereocenters. The number of nitrogens with zero attached hydrogens (tertiary/aromatic N) is 3. The van der Waals surface area contributed by atoms with Crippen molar-refractivity contribution in [3.8, 4) is 0 Å². The largest absolute Gasteiger partial charge is 0.394 e. The molecule has 0 aromatic rings. The molecule has 2 fully saturated rings. The fourth-order valence-corrected chi connectivity index (χ4v) is 2.95. The summed E-state index contributed by atoms with van der Waals surface area (Å²) in [5.41, 5.74) is 8.21. The summed E-state index contributed by atoms with van der Waals surface area (Å²) >= 11 is 0. The first kappa shape index (κ1) is 23.2. The Morgan fingerprint density at radius 2 is 1.43 bits per heavy atom. The molecule has 2 heterocycles. The zero-order chi connectivity index (χ0) is 20.8. The highest BCUT2D eigenvalue weighted by atomic mass is 16.7. The first-order valence-electron chi connectivity index (χ1n) is 8.56. The van der Waals surface area contributed by atoms with Gasteiger partial charge in [-0.3, -0.25) is 0 Å². The van der Waals surface area contributed by atoms with Crippen LogP contribution in [0.2, 0.25) is 0 Å². The van der Waals surface area contributed by atoms with Crippen LogP contribution in [-0.4, -0.2) is 124 Å². The quantitative estimate of drug-likeness (QED) is 0.0879. The van der Waals surface area contributed by atoms with Crippen molar-refractivity contribution in [3.63, 3.8) is 0 Å². The van der Waals surface area contributed by atoms with Crippen molar-refractivity contribution in [2.75, 3.05) is 26.4 Å². The van der Waals surface area contributed by atoms with Crippen molar-refractivity contribution >= 4 is 0 Å². The third-order valence-electron chi connectivity index (χ3n) is 4.50. The van der Waals surface area contributed by atoms with E-state index in [9.17, 15) is 35.7 Å². The summed E-state index contributed by atoms with van der Waals surface area (Å²) in [6.07, 6.45) is -15.1. The molecular formula is C14H25N3O11. The molecule has 7 N–H and O–H groups in total. The van der Waals surface area contributed by atoms with Gasteiger partial charge in [-0.2, -0.15) is 0 Å². The SMILES string of the molecule is [N-]=[N+]=NCCO[C@@H]1O[C@H](CO)[C@@H](O[C@@H]2O[C@H](CO)[C@H](O)[C@H](O)[C@@H]2O)[C@H](O)[C@@H]1O. The summed E-state index contributed by atoms with van der Waals surface area (Å²) in [5.74, 6) is 0. The van der Waals surface area contributed by atoms with Gasteiger partial charge in [0.1, 0.15) is 48.8 Å². The predicted octanol–water partition coefficient (Wildman–Crippen LogP) is -4.06. The molecule has 0 bridgehead atoms. The average Bonchev–Trinajstić information content (AvgIpc) is 2.70. The average molecular weight is 411 g/mol. The molecule has 2 aliphatic heterocycles. The van der Waals surface area contributed by atoms with Crippen molar-refractivity contribution < 1.29 is 54.7 Å². The Labute approximate surface area is 159 Å². The van der Waals surface area contributed by atoms with Crippen molar-refractivity contribution in [2.24, 2.45) is 5.11 Å². The monoisotopic (exact) mass is 411 g/mol. The maximum absolute atomic E-state index is 10.3. The van der Waals surface area contributed by atoms with Gasteiger partial charge in [-0.05, 0) is 5.53 Å². The molecular weight excluding hydrogens is 386 g/mol. The highest BCUT2D eigenvalue weighted by Crippen LogP contribution is 2.29. The molecule has 0 aromatic heterocycles. The summed E-state index contributed by atoms with van der Waals surface area (Å²) in [5, 5.41) is 72.1. The van der Waals surface area contributed by atoms with Crippen LogP contribution in [0.1, 0.15) is 0 Å². The van der Waals surface area contributed by atoms with E-state index in [1.165, 1.54) is 0 Å². The van der Waals surface area contributed by atoms with Crippen molar-refractivity contribution in [1.82, 2.24) is 0 Å². The molecule has 0 amide bonds. The van der Waals surface area contributed by atoms with Gasteiger partial charge in [0.2, 0.25) is 0 Å².